The van der Waals surface area contributed by atoms with Gasteiger partial charge in [0.1, 0.15) is 0 Å². The zero-order valence-electron chi connectivity index (χ0n) is 21.1. The largest absolute Gasteiger partial charge is 0.471 e. The van der Waals surface area contributed by atoms with E-state index in [1.807, 2.05) is 55.5 Å². The highest BCUT2D eigenvalue weighted by Crippen LogP contribution is 2.46. The van der Waals surface area contributed by atoms with Crippen LogP contribution in [0.3, 0.4) is 0 Å². The van der Waals surface area contributed by atoms with Crippen molar-refractivity contribution in [2.45, 2.75) is 57.4 Å². The molecule has 0 saturated heterocycles. The third-order valence-corrected chi connectivity index (χ3v) is 7.36. The molecular formula is C29H33F3N2O3. The number of methoxy groups -OCH3 is 1. The summed E-state index contributed by atoms with van der Waals surface area (Å²) in [5.74, 6) is -2.11. The number of carbonyl (C=O) groups excluding carboxylic acids is 2. The van der Waals surface area contributed by atoms with Crippen LogP contribution in [0, 0.1) is 11.8 Å². The zero-order chi connectivity index (χ0) is 26.6. The maximum atomic E-state index is 13.5. The molecule has 2 aliphatic carbocycles. The van der Waals surface area contributed by atoms with Crippen molar-refractivity contribution < 1.29 is 27.5 Å². The lowest BCUT2D eigenvalue weighted by Gasteiger charge is -2.39. The van der Waals surface area contributed by atoms with Crippen molar-refractivity contribution in [1.82, 2.24) is 10.2 Å². The van der Waals surface area contributed by atoms with Gasteiger partial charge in [0.15, 0.2) is 0 Å². The number of carbonyl (C=O) groups is 2. The predicted molar refractivity (Wildman–Crippen MR) is 136 cm³/mol. The molecule has 2 aromatic rings. The molecule has 2 fully saturated rings. The van der Waals surface area contributed by atoms with E-state index in [2.05, 4.69) is 5.32 Å². The molecule has 2 saturated carbocycles. The average molecular weight is 515 g/mol. The lowest BCUT2D eigenvalue weighted by molar-refractivity contribution is -0.187. The second-order valence-corrected chi connectivity index (χ2v) is 9.95. The summed E-state index contributed by atoms with van der Waals surface area (Å²) < 4.78 is 45.1. The number of rotatable bonds is 10. The molecule has 198 valence electrons. The number of hydrogen-bond donors (Lipinski definition) is 1. The number of nitrogens with zero attached hydrogens (tertiary/aromatic N) is 1. The van der Waals surface area contributed by atoms with Crippen molar-refractivity contribution >= 4 is 18.0 Å². The molecular weight excluding hydrogens is 481 g/mol. The minimum absolute atomic E-state index is 0.0292. The zero-order valence-corrected chi connectivity index (χ0v) is 21.1. The molecule has 1 N–H and O–H groups in total. The number of esters is 1. The van der Waals surface area contributed by atoms with Crippen LogP contribution in [0.15, 0.2) is 60.2 Å². The molecule has 0 heterocycles. The van der Waals surface area contributed by atoms with E-state index in [9.17, 15) is 22.8 Å². The van der Waals surface area contributed by atoms with Gasteiger partial charge in [0.2, 0.25) is 0 Å². The summed E-state index contributed by atoms with van der Waals surface area (Å²) in [4.78, 5) is 25.0. The molecule has 2 aliphatic rings. The van der Waals surface area contributed by atoms with E-state index in [1.54, 1.807) is 12.1 Å². The summed E-state index contributed by atoms with van der Waals surface area (Å²) in [6, 6.07) is 16.6. The van der Waals surface area contributed by atoms with Crippen LogP contribution in [-0.4, -0.2) is 48.7 Å². The summed E-state index contributed by atoms with van der Waals surface area (Å²) >= 11 is 0. The van der Waals surface area contributed by atoms with Gasteiger partial charge in [0.25, 0.3) is 0 Å². The van der Waals surface area contributed by atoms with Crippen LogP contribution in [0.4, 0.5) is 13.2 Å². The fourth-order valence-corrected chi connectivity index (χ4v) is 5.16. The summed E-state index contributed by atoms with van der Waals surface area (Å²) in [5.41, 5.74) is 3.59. The molecule has 0 radical (unpaired) electrons. The highest BCUT2D eigenvalue weighted by Gasteiger charge is 2.53. The van der Waals surface area contributed by atoms with E-state index in [0.29, 0.717) is 18.5 Å². The number of halogens is 3. The summed E-state index contributed by atoms with van der Waals surface area (Å²) in [7, 11) is 1.34. The lowest BCUT2D eigenvalue weighted by atomic mass is 9.79. The monoisotopic (exact) mass is 514 g/mol. The van der Waals surface area contributed by atoms with E-state index in [0.717, 1.165) is 40.9 Å². The first-order chi connectivity index (χ1) is 17.7. The van der Waals surface area contributed by atoms with Crippen LogP contribution >= 0.6 is 0 Å². The first-order valence-electron chi connectivity index (χ1n) is 12.7. The molecule has 0 aromatic heterocycles. The highest BCUT2D eigenvalue weighted by atomic mass is 19.4. The van der Waals surface area contributed by atoms with Crippen molar-refractivity contribution in [3.63, 3.8) is 0 Å². The molecule has 4 rings (SSSR count). The van der Waals surface area contributed by atoms with Gasteiger partial charge in [0, 0.05) is 31.1 Å². The summed E-state index contributed by atoms with van der Waals surface area (Å²) in [6.07, 6.45) is -0.0771. The Morgan fingerprint density at radius 1 is 1.05 bits per heavy atom. The van der Waals surface area contributed by atoms with Crippen LogP contribution in [0.1, 0.15) is 54.1 Å². The number of ether oxygens (including phenoxy) is 1. The van der Waals surface area contributed by atoms with Crippen LogP contribution in [-0.2, 0) is 16.1 Å². The smallest absolute Gasteiger partial charge is 0.465 e. The molecule has 0 spiro atoms. The first-order valence-corrected chi connectivity index (χ1v) is 12.7. The van der Waals surface area contributed by atoms with Crippen molar-refractivity contribution in [2.24, 2.45) is 11.8 Å². The van der Waals surface area contributed by atoms with Gasteiger partial charge < -0.3 is 15.0 Å². The minimum atomic E-state index is -4.87. The second kappa shape index (κ2) is 11.5. The number of alkyl halides is 3. The molecule has 1 amide bonds. The van der Waals surface area contributed by atoms with Gasteiger partial charge >= 0.3 is 18.1 Å². The topological polar surface area (TPSA) is 58.6 Å². The number of nitrogens with one attached hydrogen (secondary N) is 1. The molecule has 2 aromatic carbocycles. The fourth-order valence-electron chi connectivity index (χ4n) is 5.16. The SMILES string of the molecule is CC/C(=C\c1ccccc1)C1CC1N(C[C@H]1C[C@H](NCc2ccc(C(=O)OC)cc2)C1)C(=O)C(F)(F)F. The predicted octanol–water partition coefficient (Wildman–Crippen LogP) is 5.61. The Balaban J connectivity index is 1.32. The average Bonchev–Trinajstić information content (AvgIpc) is 3.66. The Bertz CT molecular complexity index is 1110. The quantitative estimate of drug-likeness (QED) is 0.419. The molecule has 0 aliphatic heterocycles. The fraction of sp³-hybridized carbons (Fsp3) is 0.448. The minimum Gasteiger partial charge on any atom is -0.465 e. The maximum absolute atomic E-state index is 13.5. The normalized spacial score (nSPS) is 23.2. The Morgan fingerprint density at radius 3 is 2.32 bits per heavy atom. The van der Waals surface area contributed by atoms with Crippen molar-refractivity contribution in [3.05, 3.63) is 76.9 Å². The van der Waals surface area contributed by atoms with E-state index in [-0.39, 0.29) is 30.4 Å². The molecule has 2 atom stereocenters. The number of benzene rings is 2. The van der Waals surface area contributed by atoms with Gasteiger partial charge in [-0.05, 0) is 54.9 Å². The first kappa shape index (κ1) is 26.9. The maximum Gasteiger partial charge on any atom is 0.471 e. The Labute approximate surface area is 215 Å². The van der Waals surface area contributed by atoms with E-state index < -0.39 is 18.1 Å². The molecule has 8 heteroatoms. The van der Waals surface area contributed by atoms with Crippen molar-refractivity contribution in [3.8, 4) is 0 Å². The van der Waals surface area contributed by atoms with Crippen LogP contribution in [0.2, 0.25) is 0 Å². The Hall–Kier alpha value is -3.13. The summed E-state index contributed by atoms with van der Waals surface area (Å²) in [6.45, 7) is 2.73. The summed E-state index contributed by atoms with van der Waals surface area (Å²) in [5, 5.41) is 3.42. The van der Waals surface area contributed by atoms with Gasteiger partial charge in [-0.1, -0.05) is 61.0 Å². The van der Waals surface area contributed by atoms with E-state index in [4.69, 9.17) is 4.74 Å². The third kappa shape index (κ3) is 6.80. The van der Waals surface area contributed by atoms with Gasteiger partial charge in [-0.15, -0.1) is 0 Å². The number of hydrogen-bond acceptors (Lipinski definition) is 4. The van der Waals surface area contributed by atoms with Crippen molar-refractivity contribution in [1.29, 1.82) is 0 Å². The van der Waals surface area contributed by atoms with Crippen molar-refractivity contribution in [2.75, 3.05) is 13.7 Å². The molecule has 37 heavy (non-hydrogen) atoms. The Kier molecular flexibility index (Phi) is 8.37. The van der Waals surface area contributed by atoms with Crippen LogP contribution < -0.4 is 5.32 Å². The van der Waals surface area contributed by atoms with Crippen LogP contribution in [0.5, 0.6) is 0 Å². The third-order valence-electron chi connectivity index (χ3n) is 7.36. The number of amides is 1. The Morgan fingerprint density at radius 2 is 1.73 bits per heavy atom. The standard InChI is InChI=1S/C29H33F3N2O3/c1-3-22(13-19-7-5-4-6-8-19)25-16-26(25)34(28(36)29(30,31)32)18-21-14-24(15-21)33-17-20-9-11-23(12-10-20)27(35)37-2/h4-13,21,24-26,33H,3,14-18H2,1-2H3/b22-13+/t21-,24-,25?,26?. The van der Waals surface area contributed by atoms with Crippen LogP contribution in [0.25, 0.3) is 6.08 Å². The molecule has 2 unspecified atom stereocenters. The van der Waals surface area contributed by atoms with E-state index >= 15 is 0 Å². The lowest BCUT2D eigenvalue weighted by Crippen LogP contribution is -2.50. The van der Waals surface area contributed by atoms with Gasteiger partial charge in [0.05, 0.1) is 12.7 Å². The molecule has 5 nitrogen and oxygen atoms in total. The highest BCUT2D eigenvalue weighted by molar-refractivity contribution is 5.89. The molecule has 0 bridgehead atoms. The van der Waals surface area contributed by atoms with Gasteiger partial charge in [-0.2, -0.15) is 13.2 Å². The second-order valence-electron chi connectivity index (χ2n) is 9.95. The van der Waals surface area contributed by atoms with Gasteiger partial charge in [-0.3, -0.25) is 4.79 Å². The van der Waals surface area contributed by atoms with E-state index in [1.165, 1.54) is 7.11 Å². The van der Waals surface area contributed by atoms with Gasteiger partial charge in [-0.25, -0.2) is 4.79 Å².